The minimum absolute atomic E-state index is 0.117. The number of aliphatic carboxylic acids is 1. The molecule has 2 heterocycles. The van der Waals surface area contributed by atoms with Crippen LogP contribution in [0.4, 0.5) is 13.2 Å². The van der Waals surface area contributed by atoms with Crippen LogP contribution in [-0.2, 0) is 19.1 Å². The number of halogens is 3. The summed E-state index contributed by atoms with van der Waals surface area (Å²) in [7, 11) is 0. The zero-order valence-electron chi connectivity index (χ0n) is 18.5. The van der Waals surface area contributed by atoms with Crippen molar-refractivity contribution in [1.29, 1.82) is 0 Å². The lowest BCUT2D eigenvalue weighted by molar-refractivity contribution is -0.192. The molecule has 0 unspecified atom stereocenters. The minimum Gasteiger partial charge on any atom is -0.475 e. The van der Waals surface area contributed by atoms with Crippen LogP contribution in [0.3, 0.4) is 0 Å². The number of likely N-dealkylation sites (tertiary alicyclic amines) is 1. The molecule has 1 spiro atoms. The molecule has 2 aliphatic heterocycles. The van der Waals surface area contributed by atoms with Crippen LogP contribution in [0.2, 0.25) is 0 Å². The molecule has 7 nitrogen and oxygen atoms in total. The average molecular weight is 453 g/mol. The molecular formula is C21H35F3N2O5. The maximum Gasteiger partial charge on any atom is 0.490 e. The number of carbonyl (C=O) groups is 2. The molecule has 0 bridgehead atoms. The van der Waals surface area contributed by atoms with Crippen molar-refractivity contribution < 1.29 is 37.3 Å². The van der Waals surface area contributed by atoms with Crippen LogP contribution < -0.4 is 0 Å². The molecule has 1 aliphatic carbocycles. The van der Waals surface area contributed by atoms with E-state index in [1.807, 2.05) is 4.90 Å². The first kappa shape index (κ1) is 25.9. The number of carboxylic acid groups (broad SMARTS) is 1. The smallest absolute Gasteiger partial charge is 0.475 e. The van der Waals surface area contributed by atoms with Gasteiger partial charge in [0.2, 0.25) is 5.91 Å². The number of amides is 1. The molecule has 10 heteroatoms. The zero-order chi connectivity index (χ0) is 23.1. The van der Waals surface area contributed by atoms with E-state index in [2.05, 4.69) is 18.7 Å². The van der Waals surface area contributed by atoms with Crippen LogP contribution in [0.15, 0.2) is 0 Å². The second-order valence-corrected chi connectivity index (χ2v) is 8.48. The van der Waals surface area contributed by atoms with Crippen molar-refractivity contribution in [2.75, 3.05) is 39.4 Å². The molecule has 1 N–H and O–H groups in total. The maximum atomic E-state index is 12.5. The Bertz CT molecular complexity index is 594. The largest absolute Gasteiger partial charge is 0.490 e. The molecule has 0 aromatic heterocycles. The van der Waals surface area contributed by atoms with Crippen LogP contribution in [0.25, 0.3) is 0 Å². The van der Waals surface area contributed by atoms with Gasteiger partial charge in [-0.15, -0.1) is 0 Å². The Labute approximate surface area is 181 Å². The summed E-state index contributed by atoms with van der Waals surface area (Å²) in [5.41, 5.74) is -0.117. The summed E-state index contributed by atoms with van der Waals surface area (Å²) in [5, 5.41) is 7.12. The van der Waals surface area contributed by atoms with E-state index in [1.165, 1.54) is 12.8 Å². The maximum absolute atomic E-state index is 12.5. The van der Waals surface area contributed by atoms with Gasteiger partial charge in [0.1, 0.15) is 6.61 Å². The summed E-state index contributed by atoms with van der Waals surface area (Å²) in [6, 6.07) is 0.596. The van der Waals surface area contributed by atoms with Crippen LogP contribution >= 0.6 is 0 Å². The zero-order valence-corrected chi connectivity index (χ0v) is 18.5. The molecule has 0 aromatic rings. The van der Waals surface area contributed by atoms with Gasteiger partial charge in [-0.05, 0) is 45.2 Å². The van der Waals surface area contributed by atoms with E-state index >= 15 is 0 Å². The first-order chi connectivity index (χ1) is 14.6. The van der Waals surface area contributed by atoms with Gasteiger partial charge in [-0.25, -0.2) is 4.79 Å². The van der Waals surface area contributed by atoms with Crippen molar-refractivity contribution in [3.63, 3.8) is 0 Å². The fourth-order valence-corrected chi connectivity index (χ4v) is 4.73. The van der Waals surface area contributed by atoms with Gasteiger partial charge in [0.15, 0.2) is 0 Å². The highest BCUT2D eigenvalue weighted by Crippen LogP contribution is 2.36. The molecule has 1 saturated carbocycles. The molecule has 3 rings (SSSR count). The number of ether oxygens (including phenoxy) is 2. The van der Waals surface area contributed by atoms with Gasteiger partial charge in [0, 0.05) is 25.7 Å². The predicted octanol–water partition coefficient (Wildman–Crippen LogP) is 3.07. The summed E-state index contributed by atoms with van der Waals surface area (Å²) in [6.07, 6.45) is 3.09. The van der Waals surface area contributed by atoms with Crippen molar-refractivity contribution in [3.8, 4) is 0 Å². The average Bonchev–Trinajstić information content (AvgIpc) is 3.37. The Morgan fingerprint density at radius 2 is 1.81 bits per heavy atom. The molecular weight excluding hydrogens is 417 g/mol. The first-order valence-corrected chi connectivity index (χ1v) is 11.2. The van der Waals surface area contributed by atoms with E-state index in [-0.39, 0.29) is 18.1 Å². The third kappa shape index (κ3) is 7.61. The highest BCUT2D eigenvalue weighted by Gasteiger charge is 2.45. The molecule has 1 amide bonds. The molecule has 31 heavy (non-hydrogen) atoms. The van der Waals surface area contributed by atoms with Gasteiger partial charge < -0.3 is 24.4 Å². The lowest BCUT2D eigenvalue weighted by Crippen LogP contribution is -2.50. The molecule has 180 valence electrons. The molecule has 0 aromatic carbocycles. The third-order valence-electron chi connectivity index (χ3n) is 6.45. The summed E-state index contributed by atoms with van der Waals surface area (Å²) in [4.78, 5) is 25.9. The SMILES string of the molecule is CCN(CC)[C@@H]1CCO[C@]2(CCN(C(=O)COC3CCCC3)C2)C1.O=C(O)C(F)(F)F. The van der Waals surface area contributed by atoms with E-state index in [9.17, 15) is 18.0 Å². The van der Waals surface area contributed by atoms with E-state index in [4.69, 9.17) is 19.4 Å². The summed E-state index contributed by atoms with van der Waals surface area (Å²) < 4.78 is 43.7. The van der Waals surface area contributed by atoms with E-state index in [1.54, 1.807) is 0 Å². The Balaban J connectivity index is 0.000000423. The monoisotopic (exact) mass is 452 g/mol. The number of hydrogen-bond acceptors (Lipinski definition) is 5. The summed E-state index contributed by atoms with van der Waals surface area (Å²) in [5.74, 6) is -2.61. The van der Waals surface area contributed by atoms with Gasteiger partial charge in [-0.3, -0.25) is 4.79 Å². The topological polar surface area (TPSA) is 79.3 Å². The van der Waals surface area contributed by atoms with Crippen molar-refractivity contribution in [2.24, 2.45) is 0 Å². The highest BCUT2D eigenvalue weighted by molar-refractivity contribution is 5.78. The lowest BCUT2D eigenvalue weighted by Gasteiger charge is -2.42. The fraction of sp³-hybridized carbons (Fsp3) is 0.905. The predicted molar refractivity (Wildman–Crippen MR) is 108 cm³/mol. The molecule has 0 radical (unpaired) electrons. The third-order valence-corrected chi connectivity index (χ3v) is 6.45. The van der Waals surface area contributed by atoms with Crippen LogP contribution in [-0.4, -0.2) is 90.1 Å². The number of alkyl halides is 3. The summed E-state index contributed by atoms with van der Waals surface area (Å²) in [6.45, 7) is 9.29. The number of carbonyl (C=O) groups excluding carboxylic acids is 1. The summed E-state index contributed by atoms with van der Waals surface area (Å²) >= 11 is 0. The van der Waals surface area contributed by atoms with Gasteiger partial charge in [0.25, 0.3) is 0 Å². The van der Waals surface area contributed by atoms with Crippen LogP contribution in [0.1, 0.15) is 58.8 Å². The second kappa shape index (κ2) is 11.5. The molecule has 2 saturated heterocycles. The molecule has 2 atom stereocenters. The van der Waals surface area contributed by atoms with Gasteiger partial charge >= 0.3 is 12.1 Å². The Hall–Kier alpha value is -1.39. The first-order valence-electron chi connectivity index (χ1n) is 11.2. The number of rotatable bonds is 6. The normalized spacial score (nSPS) is 26.9. The Morgan fingerprint density at radius 1 is 1.19 bits per heavy atom. The molecule has 3 fully saturated rings. The van der Waals surface area contributed by atoms with Crippen molar-refractivity contribution >= 4 is 11.9 Å². The van der Waals surface area contributed by atoms with Crippen molar-refractivity contribution in [2.45, 2.75) is 82.7 Å². The van der Waals surface area contributed by atoms with Gasteiger partial charge in [0.05, 0.1) is 11.7 Å². The number of carboxylic acids is 1. The highest BCUT2D eigenvalue weighted by atomic mass is 19.4. The lowest BCUT2D eigenvalue weighted by atomic mass is 9.88. The quantitative estimate of drug-likeness (QED) is 0.667. The van der Waals surface area contributed by atoms with Crippen LogP contribution in [0.5, 0.6) is 0 Å². The Kier molecular flexibility index (Phi) is 9.57. The Morgan fingerprint density at radius 3 is 2.35 bits per heavy atom. The van der Waals surface area contributed by atoms with Gasteiger partial charge in [-0.2, -0.15) is 13.2 Å². The molecule has 3 aliphatic rings. The number of hydrogen-bond donors (Lipinski definition) is 1. The van der Waals surface area contributed by atoms with Gasteiger partial charge in [-0.1, -0.05) is 26.7 Å². The van der Waals surface area contributed by atoms with Crippen molar-refractivity contribution in [3.05, 3.63) is 0 Å². The van der Waals surface area contributed by atoms with Crippen molar-refractivity contribution in [1.82, 2.24) is 9.80 Å². The van der Waals surface area contributed by atoms with E-state index in [0.717, 1.165) is 64.9 Å². The fourth-order valence-electron chi connectivity index (χ4n) is 4.73. The second-order valence-electron chi connectivity index (χ2n) is 8.48. The number of nitrogens with zero attached hydrogens (tertiary/aromatic N) is 2. The standard InChI is InChI=1S/C19H34N2O3.C2HF3O2/c1-3-20(4-2)16-9-12-24-19(13-16)10-11-21(15-19)18(22)14-23-17-7-5-6-8-17;3-2(4,5)1(6)7/h16-17H,3-15H2,1-2H3;(H,6,7)/t16-,19-;/m1./s1. The van der Waals surface area contributed by atoms with E-state index < -0.39 is 12.1 Å². The van der Waals surface area contributed by atoms with Crippen LogP contribution in [0, 0.1) is 0 Å². The minimum atomic E-state index is -5.08. The van der Waals surface area contributed by atoms with E-state index in [0.29, 0.717) is 12.1 Å².